The summed E-state index contributed by atoms with van der Waals surface area (Å²) in [5.41, 5.74) is 16.1. The van der Waals surface area contributed by atoms with Crippen molar-refractivity contribution < 1.29 is 0 Å². The number of hydrogen-bond donors (Lipinski definition) is 0. The van der Waals surface area contributed by atoms with E-state index in [2.05, 4.69) is 299 Å². The van der Waals surface area contributed by atoms with Crippen molar-refractivity contribution in [3.63, 3.8) is 0 Å². The molecule has 10 aromatic carbocycles. The Hall–Kier alpha value is -9.52. The molecule has 0 N–H and O–H groups in total. The molecular weight excluding hydrogens is 853 g/mol. The molecule has 0 saturated carbocycles. The first-order chi connectivity index (χ1) is 34.8. The molecule has 6 heteroatoms. The molecule has 0 aliphatic rings. The zero-order valence-corrected chi connectivity index (χ0v) is 38.4. The Morgan fingerprint density at radius 2 is 0.371 bits per heavy atom. The zero-order chi connectivity index (χ0) is 46.9. The Bertz CT molecular complexity index is 3100. The fourth-order valence-corrected chi connectivity index (χ4v) is 9.15. The third-order valence-corrected chi connectivity index (χ3v) is 12.3. The SMILES string of the molecule is c1ccc(N(c2ccccc2)c2ccccc2N(c2ccccc2)c2ccc(-c3nccnc3-c3ccc(N(c4ccccc4)c4ccccc4N(c4ccccc4)c4ccccc4)cc3)cc2)cc1. The summed E-state index contributed by atoms with van der Waals surface area (Å²) in [6.45, 7) is 0. The molecule has 334 valence electrons. The third-order valence-electron chi connectivity index (χ3n) is 12.3. The Morgan fingerprint density at radius 3 is 0.586 bits per heavy atom. The topological polar surface area (TPSA) is 38.7 Å². The highest BCUT2D eigenvalue weighted by molar-refractivity contribution is 5.93. The van der Waals surface area contributed by atoms with Gasteiger partial charge in [-0.1, -0.05) is 158 Å². The second-order valence-corrected chi connectivity index (χ2v) is 16.7. The second kappa shape index (κ2) is 20.1. The monoisotopic (exact) mass is 900 g/mol. The van der Waals surface area contributed by atoms with Crippen molar-refractivity contribution in [2.75, 3.05) is 19.6 Å². The van der Waals surface area contributed by atoms with Crippen LogP contribution in [0.5, 0.6) is 0 Å². The molecule has 0 aliphatic carbocycles. The van der Waals surface area contributed by atoms with E-state index in [1.165, 1.54) is 0 Å². The van der Waals surface area contributed by atoms with E-state index in [0.29, 0.717) is 0 Å². The van der Waals surface area contributed by atoms with Crippen molar-refractivity contribution in [1.82, 2.24) is 9.97 Å². The van der Waals surface area contributed by atoms with Gasteiger partial charge >= 0.3 is 0 Å². The van der Waals surface area contributed by atoms with Crippen LogP contribution in [0.3, 0.4) is 0 Å². The second-order valence-electron chi connectivity index (χ2n) is 16.7. The Kier molecular flexibility index (Phi) is 12.4. The minimum Gasteiger partial charge on any atom is -0.308 e. The van der Waals surface area contributed by atoms with Gasteiger partial charge in [0.25, 0.3) is 0 Å². The molecule has 0 bridgehead atoms. The molecule has 11 rings (SSSR count). The fourth-order valence-electron chi connectivity index (χ4n) is 9.15. The van der Waals surface area contributed by atoms with Crippen molar-refractivity contribution in [1.29, 1.82) is 0 Å². The molecule has 0 fully saturated rings. The number of benzene rings is 10. The van der Waals surface area contributed by atoms with Crippen molar-refractivity contribution in [3.05, 3.63) is 291 Å². The van der Waals surface area contributed by atoms with Crippen LogP contribution in [0.4, 0.5) is 68.2 Å². The van der Waals surface area contributed by atoms with Gasteiger partial charge < -0.3 is 19.6 Å². The van der Waals surface area contributed by atoms with E-state index in [0.717, 1.165) is 90.8 Å². The van der Waals surface area contributed by atoms with Crippen LogP contribution in [0.25, 0.3) is 22.5 Å². The lowest BCUT2D eigenvalue weighted by Gasteiger charge is -2.33. The molecule has 0 unspecified atom stereocenters. The van der Waals surface area contributed by atoms with Crippen LogP contribution >= 0.6 is 0 Å². The summed E-state index contributed by atoms with van der Waals surface area (Å²) in [6, 6.07) is 97.8. The first-order valence-electron chi connectivity index (χ1n) is 23.5. The Balaban J connectivity index is 0.958. The van der Waals surface area contributed by atoms with E-state index in [9.17, 15) is 0 Å². The average molecular weight is 901 g/mol. The van der Waals surface area contributed by atoms with Gasteiger partial charge in [-0.15, -0.1) is 0 Å². The summed E-state index contributed by atoms with van der Waals surface area (Å²) >= 11 is 0. The van der Waals surface area contributed by atoms with E-state index in [1.54, 1.807) is 12.4 Å². The van der Waals surface area contributed by atoms with Gasteiger partial charge in [0.15, 0.2) is 0 Å². The maximum absolute atomic E-state index is 4.96. The first kappa shape index (κ1) is 43.1. The molecular formula is C64H48N6. The van der Waals surface area contributed by atoms with Crippen molar-refractivity contribution in [2.45, 2.75) is 0 Å². The van der Waals surface area contributed by atoms with Crippen LogP contribution in [0, 0.1) is 0 Å². The lowest BCUT2D eigenvalue weighted by molar-refractivity contribution is 1.20. The number of rotatable bonds is 14. The smallest absolute Gasteiger partial charge is 0.0965 e. The van der Waals surface area contributed by atoms with Crippen molar-refractivity contribution in [2.24, 2.45) is 0 Å². The number of aromatic nitrogens is 2. The summed E-state index contributed by atoms with van der Waals surface area (Å²) in [5, 5.41) is 0. The molecule has 6 nitrogen and oxygen atoms in total. The summed E-state index contributed by atoms with van der Waals surface area (Å²) in [4.78, 5) is 19.2. The quantitative estimate of drug-likeness (QED) is 0.108. The molecule has 0 amide bonds. The largest absolute Gasteiger partial charge is 0.308 e. The number of hydrogen-bond acceptors (Lipinski definition) is 6. The van der Waals surface area contributed by atoms with E-state index in [1.807, 2.05) is 0 Å². The molecule has 0 spiro atoms. The van der Waals surface area contributed by atoms with Crippen LogP contribution < -0.4 is 19.6 Å². The molecule has 0 aliphatic heterocycles. The number of anilines is 12. The summed E-state index contributed by atoms with van der Waals surface area (Å²) in [6.07, 6.45) is 3.54. The molecule has 1 aromatic heterocycles. The summed E-state index contributed by atoms with van der Waals surface area (Å²) < 4.78 is 0. The lowest BCUT2D eigenvalue weighted by Crippen LogP contribution is -2.16. The van der Waals surface area contributed by atoms with Crippen molar-refractivity contribution >= 4 is 68.2 Å². The molecule has 70 heavy (non-hydrogen) atoms. The predicted molar refractivity (Wildman–Crippen MR) is 292 cm³/mol. The highest BCUT2D eigenvalue weighted by Crippen LogP contribution is 2.48. The molecule has 11 aromatic rings. The summed E-state index contributed by atoms with van der Waals surface area (Å²) in [7, 11) is 0. The van der Waals surface area contributed by atoms with Gasteiger partial charge in [0.05, 0.1) is 34.1 Å². The number of nitrogens with zero attached hydrogens (tertiary/aromatic N) is 6. The Morgan fingerprint density at radius 1 is 0.186 bits per heavy atom. The minimum absolute atomic E-state index is 0.805. The van der Waals surface area contributed by atoms with Gasteiger partial charge in [-0.25, -0.2) is 0 Å². The van der Waals surface area contributed by atoms with E-state index >= 15 is 0 Å². The standard InChI is InChI=1S/C64H48N6/c1-7-23-51(24-8-1)67(52-25-9-2-10-26-52)59-35-19-21-37-61(59)69(55-31-15-5-16-32-55)57-43-39-49(40-44-57)63-64(66-48-47-65-63)50-41-45-58(46-42-50)70(56-33-17-6-18-34-56)62-38-22-20-36-60(62)68(53-27-11-3-12-28-53)54-29-13-4-14-30-54/h1-48H. The van der Waals surface area contributed by atoms with Gasteiger partial charge in [-0.2, -0.15) is 0 Å². The lowest BCUT2D eigenvalue weighted by atomic mass is 10.0. The minimum atomic E-state index is 0.805. The van der Waals surface area contributed by atoms with Crippen molar-refractivity contribution in [3.8, 4) is 22.5 Å². The van der Waals surface area contributed by atoms with Crippen LogP contribution in [-0.2, 0) is 0 Å². The highest BCUT2D eigenvalue weighted by atomic mass is 15.2. The van der Waals surface area contributed by atoms with E-state index in [-0.39, 0.29) is 0 Å². The third kappa shape index (κ3) is 8.88. The average Bonchev–Trinajstić information content (AvgIpc) is 3.44. The molecule has 0 radical (unpaired) electrons. The Labute approximate surface area is 409 Å². The van der Waals surface area contributed by atoms with Gasteiger partial charge in [0, 0.05) is 69.0 Å². The van der Waals surface area contributed by atoms with Crippen LogP contribution in [0.2, 0.25) is 0 Å². The predicted octanol–water partition coefficient (Wildman–Crippen LogP) is 17.7. The maximum atomic E-state index is 4.96. The van der Waals surface area contributed by atoms with Crippen LogP contribution in [0.15, 0.2) is 291 Å². The van der Waals surface area contributed by atoms with Gasteiger partial charge in [0.1, 0.15) is 0 Å². The highest BCUT2D eigenvalue weighted by Gasteiger charge is 2.24. The number of para-hydroxylation sites is 10. The van der Waals surface area contributed by atoms with Gasteiger partial charge in [-0.05, 0) is 121 Å². The molecule has 1 heterocycles. The van der Waals surface area contributed by atoms with E-state index < -0.39 is 0 Å². The fraction of sp³-hybridized carbons (Fsp3) is 0. The van der Waals surface area contributed by atoms with Gasteiger partial charge in [0.2, 0.25) is 0 Å². The van der Waals surface area contributed by atoms with E-state index in [4.69, 9.17) is 9.97 Å². The van der Waals surface area contributed by atoms with Crippen LogP contribution in [-0.4, -0.2) is 9.97 Å². The normalized spacial score (nSPS) is 10.9. The zero-order valence-electron chi connectivity index (χ0n) is 38.4. The van der Waals surface area contributed by atoms with Crippen LogP contribution in [0.1, 0.15) is 0 Å². The first-order valence-corrected chi connectivity index (χ1v) is 23.5. The van der Waals surface area contributed by atoms with Gasteiger partial charge in [-0.3, -0.25) is 9.97 Å². The summed E-state index contributed by atoms with van der Waals surface area (Å²) in [5.74, 6) is 0. The molecule has 0 atom stereocenters. The molecule has 0 saturated heterocycles. The maximum Gasteiger partial charge on any atom is 0.0965 e.